The van der Waals surface area contributed by atoms with Crippen molar-refractivity contribution in [2.75, 3.05) is 0 Å². The van der Waals surface area contributed by atoms with Gasteiger partial charge in [0.05, 0.1) is 0 Å². The van der Waals surface area contributed by atoms with Gasteiger partial charge in [0, 0.05) is 144 Å². The molecule has 10 heterocycles. The first-order valence-corrected chi connectivity index (χ1v) is 58.4. The van der Waals surface area contributed by atoms with Crippen molar-refractivity contribution in [3.63, 3.8) is 0 Å². The van der Waals surface area contributed by atoms with Gasteiger partial charge in [-0.2, -0.15) is 11.3 Å². The van der Waals surface area contributed by atoms with Crippen LogP contribution in [0.2, 0.25) is 0 Å². The smallest absolute Gasteiger partial charge is 0.136 e. The van der Waals surface area contributed by atoms with Gasteiger partial charge in [0.15, 0.2) is 0 Å². The Morgan fingerprint density at radius 3 is 0.692 bits per heavy atom. The molecule has 0 fully saturated rings. The third kappa shape index (κ3) is 57.2. The van der Waals surface area contributed by atoms with Crippen LogP contribution in [0.5, 0.6) is 0 Å². The minimum absolute atomic E-state index is 0.160. The lowest BCUT2D eigenvalue weighted by atomic mass is 9.82. The molecule has 1 aliphatic rings. The summed E-state index contributed by atoms with van der Waals surface area (Å²) in [6.45, 7) is 101. The maximum Gasteiger partial charge on any atom is 0.136 e. The molecule has 0 spiro atoms. The van der Waals surface area contributed by atoms with Crippen molar-refractivity contribution in [1.29, 1.82) is 0 Å². The first kappa shape index (κ1) is 159. The number of para-hydroxylation sites is 6. The minimum atomic E-state index is 0.160. The Labute approximate surface area is 908 Å². The van der Waals surface area contributed by atoms with Crippen molar-refractivity contribution in [1.82, 2.24) is 32.9 Å². The second-order valence-corrected chi connectivity index (χ2v) is 25.6. The van der Waals surface area contributed by atoms with Gasteiger partial charge in [-0.1, -0.05) is 571 Å². The third-order valence-electron chi connectivity index (χ3n) is 17.3. The monoisotopic (exact) mass is 2030 g/mol. The number of rotatable bonds is 0. The van der Waals surface area contributed by atoms with Gasteiger partial charge in [-0.3, -0.25) is 4.98 Å². The molecule has 0 saturated carbocycles. The summed E-state index contributed by atoms with van der Waals surface area (Å²) in [5.41, 5.74) is 15.0. The van der Waals surface area contributed by atoms with Crippen molar-refractivity contribution in [3.05, 3.63) is 381 Å². The SMILES string of the molecule is CC.CC.CC.CC.CC.CC.CC.CC.CC.CC.CC.CC.CC.CC.CC.CC.CC.CC.CC.CC.CC.CC.CC.CC.CC1(C)c2ccccc2-c2ccccc21.Cn1c2ccccc2c2ccccc21.Cn1c2ccccc2c2ccccc21.c1ccc2c(c1)oc1ccccc12.c1ccc2c(c1)sc1ccccc12.c1ccn2ccnc2c1.c1ccn2ccnc2c1.c1ccncc1.c1ccsc1. The largest absolute Gasteiger partial charge is 0.456 e. The number of fused-ring (bicyclic) bond motifs is 17. The van der Waals surface area contributed by atoms with E-state index in [1.807, 2.05) is 491 Å². The minimum Gasteiger partial charge on any atom is -0.456 e. The van der Waals surface area contributed by atoms with Crippen molar-refractivity contribution in [3.8, 4) is 11.1 Å². The van der Waals surface area contributed by atoms with E-state index in [9.17, 15) is 0 Å². The number of nitrogens with zero attached hydrogens (tertiary/aromatic N) is 7. The highest BCUT2D eigenvalue weighted by atomic mass is 32.1. The van der Waals surface area contributed by atoms with E-state index in [0.717, 1.165) is 22.5 Å². The number of furan rings is 1. The first-order valence-electron chi connectivity index (χ1n) is 56.6. The van der Waals surface area contributed by atoms with E-state index >= 15 is 0 Å². The highest BCUT2D eigenvalue weighted by Gasteiger charge is 2.34. The van der Waals surface area contributed by atoms with Gasteiger partial charge >= 0.3 is 0 Å². The zero-order valence-electron chi connectivity index (χ0n) is 103. The molecule has 1 aliphatic carbocycles. The second kappa shape index (κ2) is 120. The molecule has 10 heteroatoms. The van der Waals surface area contributed by atoms with Gasteiger partial charge in [-0.05, 0) is 118 Å². The predicted molar refractivity (Wildman–Crippen MR) is 689 cm³/mol. The summed E-state index contributed by atoms with van der Waals surface area (Å²) in [5.74, 6) is 0. The quantitative estimate of drug-likeness (QED) is 0.152. The summed E-state index contributed by atoms with van der Waals surface area (Å²) in [6.07, 6.45) is 14.9. The summed E-state index contributed by atoms with van der Waals surface area (Å²) in [6, 6.07) is 106. The molecule has 814 valence electrons. The van der Waals surface area contributed by atoms with E-state index in [2.05, 4.69) is 258 Å². The molecule has 20 aromatic rings. The third-order valence-corrected chi connectivity index (χ3v) is 19.1. The molecule has 0 amide bonds. The van der Waals surface area contributed by atoms with Crippen LogP contribution < -0.4 is 0 Å². The average Bonchev–Trinajstić information content (AvgIpc) is 1.54. The fraction of sp³-hybridized carbons (Fsp3) is 0.390. The molecule has 146 heavy (non-hydrogen) atoms. The zero-order chi connectivity index (χ0) is 115. The lowest BCUT2D eigenvalue weighted by molar-refractivity contribution is 0.660. The van der Waals surface area contributed by atoms with Crippen LogP contribution in [0, 0.1) is 0 Å². The average molecular weight is 2030 g/mol. The van der Waals surface area contributed by atoms with Crippen molar-refractivity contribution < 1.29 is 4.42 Å². The number of pyridine rings is 3. The molecule has 10 aromatic heterocycles. The Balaban J connectivity index is -0.000000132. The molecule has 10 aromatic carbocycles. The number of aromatic nitrogens is 7. The van der Waals surface area contributed by atoms with Crippen LogP contribution in [-0.2, 0) is 19.5 Å². The molecular weight excluding hydrogens is 1810 g/mol. The van der Waals surface area contributed by atoms with Crippen LogP contribution in [0.4, 0.5) is 0 Å². The molecule has 0 unspecified atom stereocenters. The fourth-order valence-corrected chi connectivity index (χ4v) is 14.1. The van der Waals surface area contributed by atoms with E-state index in [1.165, 1.54) is 96.8 Å². The van der Waals surface area contributed by atoms with Crippen molar-refractivity contribution >= 4 is 120 Å². The maximum absolute atomic E-state index is 5.65. The van der Waals surface area contributed by atoms with E-state index < -0.39 is 0 Å². The van der Waals surface area contributed by atoms with E-state index in [-0.39, 0.29) is 5.41 Å². The molecule has 0 bridgehead atoms. The summed E-state index contributed by atoms with van der Waals surface area (Å²) in [5, 5.41) is 14.6. The summed E-state index contributed by atoms with van der Waals surface area (Å²) in [4.78, 5) is 11.9. The van der Waals surface area contributed by atoms with Gasteiger partial charge in [0.1, 0.15) is 22.5 Å². The Hall–Kier alpha value is -12.0. The molecular formula is C136H217N7OS2. The normalized spacial score (nSPS) is 8.60. The Morgan fingerprint density at radius 1 is 0.212 bits per heavy atom. The number of thiophene rings is 2. The van der Waals surface area contributed by atoms with Crippen LogP contribution >= 0.6 is 22.7 Å². The van der Waals surface area contributed by atoms with Gasteiger partial charge in [0.25, 0.3) is 0 Å². The molecule has 0 atom stereocenters. The number of imidazole rings is 2. The summed E-state index contributed by atoms with van der Waals surface area (Å²) >= 11 is 3.57. The summed E-state index contributed by atoms with van der Waals surface area (Å²) in [7, 11) is 4.23. The number of hydrogen-bond donors (Lipinski definition) is 0. The topological polar surface area (TPSA) is 70.5 Å². The van der Waals surface area contributed by atoms with Gasteiger partial charge in [-0.15, -0.1) is 11.3 Å². The molecule has 0 aliphatic heterocycles. The lowest BCUT2D eigenvalue weighted by Gasteiger charge is -2.20. The highest BCUT2D eigenvalue weighted by Crippen LogP contribution is 2.48. The number of hydrogen-bond acceptors (Lipinski definition) is 6. The molecule has 0 saturated heterocycles. The first-order chi connectivity index (χ1) is 72.3. The van der Waals surface area contributed by atoms with Crippen LogP contribution in [-0.4, -0.2) is 32.9 Å². The van der Waals surface area contributed by atoms with Crippen LogP contribution in [0.1, 0.15) is 357 Å². The standard InChI is InChI=1S/C15H14.2C13H11N.C12H8O.C12H8S.2C7H6N2.C5H5N.C4H4S.24C2H6/c1-15(2)13-9-5-3-7-11(13)12-8-4-6-10-14(12)15;2*1-14-12-8-4-2-6-10(12)11-7-3-5-9-13(11)14;2*1-3-7-11-9(5-1)10-6-2-4-8-12(10)13-11;2*1-2-5-9-6-4-8-7(9)3-1;1-2-4-6-5-3-1;1-2-4-5-3-1;24*1-2/h3-10H,1-2H3;2*2-9H,1H3;2*1-8H;2*1-6H;1-5H;1-4H;24*1-2H3. The molecule has 8 nitrogen and oxygen atoms in total. The van der Waals surface area contributed by atoms with Crippen LogP contribution in [0.15, 0.2) is 374 Å². The van der Waals surface area contributed by atoms with Crippen LogP contribution in [0.3, 0.4) is 0 Å². The fourth-order valence-electron chi connectivity index (χ4n) is 12.5. The number of benzene rings is 10. The molecule has 0 N–H and O–H groups in total. The van der Waals surface area contributed by atoms with Gasteiger partial charge in [-0.25, -0.2) is 9.97 Å². The van der Waals surface area contributed by atoms with Crippen molar-refractivity contribution in [2.24, 2.45) is 14.1 Å². The predicted octanol–water partition coefficient (Wildman–Crippen LogP) is 48.4. The highest BCUT2D eigenvalue weighted by molar-refractivity contribution is 7.25. The van der Waals surface area contributed by atoms with E-state index in [4.69, 9.17) is 4.42 Å². The lowest BCUT2D eigenvalue weighted by Crippen LogP contribution is -2.14. The van der Waals surface area contributed by atoms with E-state index in [0.29, 0.717) is 0 Å². The summed E-state index contributed by atoms with van der Waals surface area (Å²) < 4.78 is 16.8. The van der Waals surface area contributed by atoms with Gasteiger partial charge < -0.3 is 22.4 Å². The maximum atomic E-state index is 5.65. The van der Waals surface area contributed by atoms with E-state index in [1.54, 1.807) is 36.1 Å². The Kier molecular flexibility index (Phi) is 131. The molecule has 0 radical (unpaired) electrons. The van der Waals surface area contributed by atoms with Crippen molar-refractivity contribution in [2.45, 2.75) is 352 Å². The van der Waals surface area contributed by atoms with Crippen LogP contribution in [0.25, 0.3) is 108 Å². The Morgan fingerprint density at radius 2 is 0.445 bits per heavy atom. The number of aryl methyl sites for hydroxylation is 2. The Bertz CT molecular complexity index is 5240. The van der Waals surface area contributed by atoms with Gasteiger partial charge in [0.2, 0.25) is 0 Å². The zero-order valence-corrected chi connectivity index (χ0v) is 105. The second-order valence-electron chi connectivity index (χ2n) is 23.7. The molecule has 21 rings (SSSR count).